The largest absolute Gasteiger partial charge is 0.346 e. The molecule has 1 N–H and O–H groups in total. The number of nitrogens with zero attached hydrogens (tertiary/aromatic N) is 4. The van der Waals surface area contributed by atoms with Crippen molar-refractivity contribution in [3.05, 3.63) is 112 Å². The van der Waals surface area contributed by atoms with Gasteiger partial charge < -0.3 is 5.32 Å². The van der Waals surface area contributed by atoms with Crippen molar-refractivity contribution < 1.29 is 4.79 Å². The van der Waals surface area contributed by atoms with E-state index >= 15 is 0 Å². The lowest BCUT2D eigenvalue weighted by atomic mass is 10.1. The second-order valence-electron chi connectivity index (χ2n) is 7.30. The minimum absolute atomic E-state index is 0.00584. The zero-order valence-corrected chi connectivity index (χ0v) is 19.2. The Balaban J connectivity index is 1.63. The van der Waals surface area contributed by atoms with Crippen LogP contribution in [0.25, 0.3) is 17.3 Å². The number of nitrogens with one attached hydrogen (secondary N) is 1. The number of carbonyl (C=O) groups is 1. The molecule has 0 atom stereocenters. The van der Waals surface area contributed by atoms with Crippen LogP contribution in [0, 0.1) is 11.3 Å². The van der Waals surface area contributed by atoms with Crippen LogP contribution in [-0.4, -0.2) is 20.7 Å². The number of pyridine rings is 1. The van der Waals surface area contributed by atoms with E-state index in [9.17, 15) is 10.1 Å². The van der Waals surface area contributed by atoms with E-state index in [0.29, 0.717) is 17.8 Å². The fourth-order valence-electron chi connectivity index (χ4n) is 3.29. The Bertz CT molecular complexity index is 1310. The molecule has 1 amide bonds. The van der Waals surface area contributed by atoms with Crippen LogP contribution >= 0.6 is 15.9 Å². The van der Waals surface area contributed by atoms with Gasteiger partial charge in [-0.3, -0.25) is 14.5 Å². The summed E-state index contributed by atoms with van der Waals surface area (Å²) in [6, 6.07) is 25.2. The van der Waals surface area contributed by atoms with Gasteiger partial charge in [0.2, 0.25) is 0 Å². The van der Waals surface area contributed by atoms with E-state index in [4.69, 9.17) is 5.10 Å². The summed E-state index contributed by atoms with van der Waals surface area (Å²) in [4.78, 5) is 16.9. The Morgan fingerprint density at radius 3 is 2.52 bits per heavy atom. The van der Waals surface area contributed by atoms with Gasteiger partial charge in [-0.05, 0) is 35.9 Å². The molecule has 7 heteroatoms. The van der Waals surface area contributed by atoms with E-state index in [-0.39, 0.29) is 12.1 Å². The first-order valence-electron chi connectivity index (χ1n) is 10.3. The predicted molar refractivity (Wildman–Crippen MR) is 131 cm³/mol. The SMILES string of the molecule is N#C/C(=C\c1cn(Cc2ccc(Br)cc2)nc1-c1ccccc1)C(=O)NCc1ccccn1. The van der Waals surface area contributed by atoms with Crippen LogP contribution in [-0.2, 0) is 17.9 Å². The molecule has 33 heavy (non-hydrogen) atoms. The van der Waals surface area contributed by atoms with Crippen LogP contribution in [0.15, 0.2) is 95.2 Å². The van der Waals surface area contributed by atoms with Gasteiger partial charge in [0.05, 0.1) is 24.5 Å². The molecule has 0 saturated carbocycles. The third-order valence-electron chi connectivity index (χ3n) is 4.92. The summed E-state index contributed by atoms with van der Waals surface area (Å²) in [5.74, 6) is -0.456. The summed E-state index contributed by atoms with van der Waals surface area (Å²) in [5.41, 5.74) is 4.12. The molecule has 0 aliphatic rings. The van der Waals surface area contributed by atoms with Gasteiger partial charge in [0.1, 0.15) is 11.6 Å². The molecular weight excluding hydrogens is 478 g/mol. The van der Waals surface area contributed by atoms with Crippen LogP contribution in [0.5, 0.6) is 0 Å². The van der Waals surface area contributed by atoms with Crippen molar-refractivity contribution in [1.29, 1.82) is 5.26 Å². The molecule has 0 bridgehead atoms. The van der Waals surface area contributed by atoms with Gasteiger partial charge in [-0.15, -0.1) is 0 Å². The monoisotopic (exact) mass is 497 g/mol. The van der Waals surface area contributed by atoms with E-state index < -0.39 is 5.91 Å². The fraction of sp³-hybridized carbons (Fsp3) is 0.0769. The quantitative estimate of drug-likeness (QED) is 0.288. The summed E-state index contributed by atoms with van der Waals surface area (Å²) in [6.45, 7) is 0.807. The Morgan fingerprint density at radius 1 is 1.06 bits per heavy atom. The highest BCUT2D eigenvalue weighted by atomic mass is 79.9. The van der Waals surface area contributed by atoms with Crippen molar-refractivity contribution in [3.8, 4) is 17.3 Å². The third-order valence-corrected chi connectivity index (χ3v) is 5.44. The first-order chi connectivity index (χ1) is 16.1. The average molecular weight is 498 g/mol. The molecule has 2 aromatic carbocycles. The normalized spacial score (nSPS) is 11.1. The Labute approximate surface area is 200 Å². The van der Waals surface area contributed by atoms with E-state index in [1.807, 2.05) is 89.7 Å². The molecule has 0 fully saturated rings. The fourth-order valence-corrected chi connectivity index (χ4v) is 3.56. The zero-order valence-electron chi connectivity index (χ0n) is 17.6. The number of aromatic nitrogens is 3. The number of halogens is 1. The van der Waals surface area contributed by atoms with Gasteiger partial charge in [0.15, 0.2) is 0 Å². The van der Waals surface area contributed by atoms with Crippen molar-refractivity contribution in [2.75, 3.05) is 0 Å². The lowest BCUT2D eigenvalue weighted by Crippen LogP contribution is -2.24. The first-order valence-corrected chi connectivity index (χ1v) is 11.1. The maximum atomic E-state index is 12.7. The second kappa shape index (κ2) is 10.5. The average Bonchev–Trinajstić information content (AvgIpc) is 3.25. The molecule has 0 radical (unpaired) electrons. The third kappa shape index (κ3) is 5.82. The van der Waals surface area contributed by atoms with E-state index in [0.717, 1.165) is 21.3 Å². The number of benzene rings is 2. The minimum atomic E-state index is -0.456. The second-order valence-corrected chi connectivity index (χ2v) is 8.21. The zero-order chi connectivity index (χ0) is 23.0. The number of rotatable bonds is 7. The van der Waals surface area contributed by atoms with Crippen LogP contribution < -0.4 is 5.32 Å². The summed E-state index contributed by atoms with van der Waals surface area (Å²) in [7, 11) is 0. The molecule has 4 aromatic rings. The van der Waals surface area contributed by atoms with Crippen LogP contribution in [0.4, 0.5) is 0 Å². The first kappa shape index (κ1) is 22.2. The topological polar surface area (TPSA) is 83.6 Å². The lowest BCUT2D eigenvalue weighted by molar-refractivity contribution is -0.117. The van der Waals surface area contributed by atoms with E-state index in [1.165, 1.54) is 0 Å². The van der Waals surface area contributed by atoms with Crippen molar-refractivity contribution in [1.82, 2.24) is 20.1 Å². The molecule has 0 unspecified atom stereocenters. The highest BCUT2D eigenvalue weighted by Crippen LogP contribution is 2.25. The van der Waals surface area contributed by atoms with Crippen molar-refractivity contribution in [2.45, 2.75) is 13.1 Å². The van der Waals surface area contributed by atoms with E-state index in [2.05, 4.69) is 26.2 Å². The molecule has 2 aromatic heterocycles. The van der Waals surface area contributed by atoms with Crippen LogP contribution in [0.3, 0.4) is 0 Å². The Hall–Kier alpha value is -4.02. The molecule has 2 heterocycles. The molecule has 0 aliphatic heterocycles. The molecular formula is C26H20BrN5O. The minimum Gasteiger partial charge on any atom is -0.346 e. The van der Waals surface area contributed by atoms with Gasteiger partial charge in [-0.25, -0.2) is 0 Å². The standard InChI is InChI=1S/C26H20BrN5O/c27-23-11-9-19(10-12-23)17-32-18-22(25(31-32)20-6-2-1-3-7-20)14-21(15-28)26(33)30-16-24-8-4-5-13-29-24/h1-14,18H,16-17H2,(H,30,33)/b21-14+. The molecule has 4 rings (SSSR count). The van der Waals surface area contributed by atoms with Gasteiger partial charge in [-0.1, -0.05) is 64.5 Å². The highest BCUT2D eigenvalue weighted by molar-refractivity contribution is 9.10. The highest BCUT2D eigenvalue weighted by Gasteiger charge is 2.15. The molecule has 0 saturated heterocycles. The van der Waals surface area contributed by atoms with Crippen LogP contribution in [0.1, 0.15) is 16.8 Å². The van der Waals surface area contributed by atoms with Gasteiger partial charge in [-0.2, -0.15) is 10.4 Å². The molecule has 0 spiro atoms. The molecule has 0 aliphatic carbocycles. The molecule has 162 valence electrons. The van der Waals surface area contributed by atoms with Crippen LogP contribution in [0.2, 0.25) is 0 Å². The van der Waals surface area contributed by atoms with Crippen molar-refractivity contribution >= 4 is 27.9 Å². The number of hydrogen-bond donors (Lipinski definition) is 1. The van der Waals surface area contributed by atoms with Gasteiger partial charge in [0, 0.05) is 28.0 Å². The van der Waals surface area contributed by atoms with Gasteiger partial charge in [0.25, 0.3) is 5.91 Å². The van der Waals surface area contributed by atoms with Crippen molar-refractivity contribution in [3.63, 3.8) is 0 Å². The van der Waals surface area contributed by atoms with Crippen molar-refractivity contribution in [2.24, 2.45) is 0 Å². The molecule has 6 nitrogen and oxygen atoms in total. The van der Waals surface area contributed by atoms with E-state index in [1.54, 1.807) is 12.3 Å². The Kier molecular flexibility index (Phi) is 7.08. The maximum absolute atomic E-state index is 12.7. The summed E-state index contributed by atoms with van der Waals surface area (Å²) >= 11 is 3.45. The number of carbonyl (C=O) groups excluding carboxylic acids is 1. The van der Waals surface area contributed by atoms with Gasteiger partial charge >= 0.3 is 0 Å². The summed E-state index contributed by atoms with van der Waals surface area (Å²) in [5, 5.41) is 17.2. The lowest BCUT2D eigenvalue weighted by Gasteiger charge is -2.04. The number of nitriles is 1. The summed E-state index contributed by atoms with van der Waals surface area (Å²) in [6.07, 6.45) is 5.10. The smallest absolute Gasteiger partial charge is 0.262 e. The maximum Gasteiger partial charge on any atom is 0.262 e. The Morgan fingerprint density at radius 2 is 1.82 bits per heavy atom. The number of hydrogen-bond acceptors (Lipinski definition) is 4. The number of amides is 1. The predicted octanol–water partition coefficient (Wildman–Crippen LogP) is 4.98. The summed E-state index contributed by atoms with van der Waals surface area (Å²) < 4.78 is 2.83.